The van der Waals surface area contributed by atoms with Gasteiger partial charge < -0.3 is 5.11 Å². The van der Waals surface area contributed by atoms with Crippen molar-refractivity contribution in [3.8, 4) is 0 Å². The molecule has 0 amide bonds. The molecule has 3 heteroatoms. The summed E-state index contributed by atoms with van der Waals surface area (Å²) in [6, 6.07) is 0. The number of hydrogen-bond acceptors (Lipinski definition) is 2. The van der Waals surface area contributed by atoms with Crippen LogP contribution in [-0.2, 0) is 4.79 Å². The van der Waals surface area contributed by atoms with Gasteiger partial charge in [0.1, 0.15) is 0 Å². The summed E-state index contributed by atoms with van der Waals surface area (Å²) in [5.41, 5.74) is 0. The zero-order valence-corrected chi connectivity index (χ0v) is 7.85. The Balaban J connectivity index is 2.17. The zero-order valence-electron chi connectivity index (χ0n) is 7.03. The first-order valence-corrected chi connectivity index (χ1v) is 5.28. The molecule has 0 heterocycles. The summed E-state index contributed by atoms with van der Waals surface area (Å²) in [7, 11) is 0. The number of carboxylic acids is 1. The maximum atomic E-state index is 10.1. The van der Waals surface area contributed by atoms with Crippen LogP contribution >= 0.6 is 11.8 Å². The molecule has 0 aromatic carbocycles. The van der Waals surface area contributed by atoms with E-state index in [0.717, 1.165) is 0 Å². The van der Waals surface area contributed by atoms with Crippen molar-refractivity contribution < 1.29 is 9.90 Å². The predicted molar refractivity (Wildman–Crippen MR) is 51.2 cm³/mol. The molecule has 0 spiro atoms. The number of carbonyl (C=O) groups is 1. The summed E-state index contributed by atoms with van der Waals surface area (Å²) in [5, 5.41) is 10.7. The van der Waals surface area contributed by atoms with E-state index in [1.807, 2.05) is 0 Å². The summed E-state index contributed by atoms with van der Waals surface area (Å²) < 4.78 is 0. The molecule has 1 aliphatic carbocycles. The monoisotopic (exact) mass is 186 g/mol. The van der Waals surface area contributed by atoms with Crippen LogP contribution in [0.1, 0.15) is 32.1 Å². The molecule has 1 N–H and O–H groups in total. The van der Waals surface area contributed by atoms with E-state index < -0.39 is 5.97 Å². The van der Waals surface area contributed by atoms with E-state index in [9.17, 15) is 4.79 Å². The van der Waals surface area contributed by atoms with Crippen LogP contribution in [0.5, 0.6) is 0 Å². The third-order valence-electron chi connectivity index (χ3n) is 2.03. The van der Waals surface area contributed by atoms with Gasteiger partial charge in [-0.2, -0.15) is 0 Å². The second kappa shape index (κ2) is 5.25. The van der Waals surface area contributed by atoms with Gasteiger partial charge >= 0.3 is 5.97 Å². The average molecular weight is 186 g/mol. The fourth-order valence-electron chi connectivity index (χ4n) is 1.41. The van der Waals surface area contributed by atoms with Crippen LogP contribution in [0.15, 0.2) is 11.5 Å². The number of aliphatic carboxylic acids is 1. The summed E-state index contributed by atoms with van der Waals surface area (Å²) >= 11 is 1.66. The van der Waals surface area contributed by atoms with Gasteiger partial charge in [-0.3, -0.25) is 0 Å². The van der Waals surface area contributed by atoms with Crippen molar-refractivity contribution in [2.45, 2.75) is 37.4 Å². The molecule has 1 fully saturated rings. The summed E-state index contributed by atoms with van der Waals surface area (Å²) in [4.78, 5) is 10.1. The highest BCUT2D eigenvalue weighted by Gasteiger charge is 2.11. The molecule has 1 aliphatic rings. The first-order chi connectivity index (χ1) is 5.79. The van der Waals surface area contributed by atoms with Crippen molar-refractivity contribution in [2.75, 3.05) is 0 Å². The smallest absolute Gasteiger partial charge is 0.328 e. The maximum Gasteiger partial charge on any atom is 0.328 e. The van der Waals surface area contributed by atoms with Crippen LogP contribution in [0.25, 0.3) is 0 Å². The Bertz CT molecular complexity index is 171. The standard InChI is InChI=1S/C9H14O2S/c10-9(11)6-7-12-8-4-2-1-3-5-8/h6-8H,1-5H2,(H,10,11)/b7-6+. The van der Waals surface area contributed by atoms with Crippen LogP contribution in [0.4, 0.5) is 0 Å². The van der Waals surface area contributed by atoms with Crippen molar-refractivity contribution in [1.82, 2.24) is 0 Å². The molecule has 0 radical (unpaired) electrons. The zero-order chi connectivity index (χ0) is 8.81. The molecule has 0 aromatic heterocycles. The normalized spacial score (nSPS) is 20.0. The lowest BCUT2D eigenvalue weighted by atomic mass is 10.0. The summed E-state index contributed by atoms with van der Waals surface area (Å²) in [5.74, 6) is -0.849. The highest BCUT2D eigenvalue weighted by molar-refractivity contribution is 8.02. The Morgan fingerprint density at radius 3 is 2.58 bits per heavy atom. The van der Waals surface area contributed by atoms with Gasteiger partial charge in [0.15, 0.2) is 0 Å². The minimum atomic E-state index is -0.849. The topological polar surface area (TPSA) is 37.3 Å². The number of rotatable bonds is 3. The predicted octanol–water partition coefficient (Wildman–Crippen LogP) is 2.65. The minimum absolute atomic E-state index is 0.661. The van der Waals surface area contributed by atoms with Crippen molar-refractivity contribution in [3.05, 3.63) is 11.5 Å². The first-order valence-electron chi connectivity index (χ1n) is 4.34. The molecule has 1 rings (SSSR count). The molecule has 0 unspecified atom stereocenters. The van der Waals surface area contributed by atoms with E-state index in [4.69, 9.17) is 5.11 Å². The Labute approximate surface area is 77.0 Å². The Morgan fingerprint density at radius 2 is 2.00 bits per heavy atom. The first kappa shape index (κ1) is 9.65. The van der Waals surface area contributed by atoms with Gasteiger partial charge in [0, 0.05) is 11.3 Å². The third kappa shape index (κ3) is 3.81. The molecule has 0 saturated heterocycles. The SMILES string of the molecule is O=C(O)/C=C/SC1CCCCC1. The van der Waals surface area contributed by atoms with Gasteiger partial charge in [-0.1, -0.05) is 19.3 Å². The fraction of sp³-hybridized carbons (Fsp3) is 0.667. The van der Waals surface area contributed by atoms with Crippen molar-refractivity contribution in [3.63, 3.8) is 0 Å². The van der Waals surface area contributed by atoms with E-state index in [1.54, 1.807) is 17.2 Å². The van der Waals surface area contributed by atoms with Gasteiger partial charge in [0.05, 0.1) is 0 Å². The molecule has 0 atom stereocenters. The number of carboxylic acid groups (broad SMARTS) is 1. The van der Waals surface area contributed by atoms with Gasteiger partial charge in [0.25, 0.3) is 0 Å². The third-order valence-corrected chi connectivity index (χ3v) is 3.18. The highest BCUT2D eigenvalue weighted by atomic mass is 32.2. The maximum absolute atomic E-state index is 10.1. The second-order valence-electron chi connectivity index (χ2n) is 3.04. The van der Waals surface area contributed by atoms with Crippen LogP contribution in [-0.4, -0.2) is 16.3 Å². The quantitative estimate of drug-likeness (QED) is 0.688. The van der Waals surface area contributed by atoms with Crippen molar-refractivity contribution >= 4 is 17.7 Å². The molecular weight excluding hydrogens is 172 g/mol. The van der Waals surface area contributed by atoms with E-state index in [1.165, 1.54) is 38.2 Å². The Hall–Kier alpha value is -0.440. The summed E-state index contributed by atoms with van der Waals surface area (Å²) in [6.45, 7) is 0. The second-order valence-corrected chi connectivity index (χ2v) is 4.25. The van der Waals surface area contributed by atoms with E-state index >= 15 is 0 Å². The molecular formula is C9H14O2S. The lowest BCUT2D eigenvalue weighted by molar-refractivity contribution is -0.131. The van der Waals surface area contributed by atoms with Crippen LogP contribution in [0.2, 0.25) is 0 Å². The van der Waals surface area contributed by atoms with Crippen LogP contribution in [0, 0.1) is 0 Å². The van der Waals surface area contributed by atoms with Crippen LogP contribution in [0.3, 0.4) is 0 Å². The molecule has 0 aliphatic heterocycles. The number of thioether (sulfide) groups is 1. The molecule has 2 nitrogen and oxygen atoms in total. The lowest BCUT2D eigenvalue weighted by Gasteiger charge is -2.18. The molecule has 0 aromatic rings. The van der Waals surface area contributed by atoms with E-state index in [-0.39, 0.29) is 0 Å². The van der Waals surface area contributed by atoms with Gasteiger partial charge in [0.2, 0.25) is 0 Å². The molecule has 12 heavy (non-hydrogen) atoms. The van der Waals surface area contributed by atoms with E-state index in [0.29, 0.717) is 5.25 Å². The van der Waals surface area contributed by atoms with Gasteiger partial charge in [-0.15, -0.1) is 11.8 Å². The largest absolute Gasteiger partial charge is 0.478 e. The van der Waals surface area contributed by atoms with Gasteiger partial charge in [-0.05, 0) is 18.2 Å². The lowest BCUT2D eigenvalue weighted by Crippen LogP contribution is -2.06. The number of hydrogen-bond donors (Lipinski definition) is 1. The van der Waals surface area contributed by atoms with Gasteiger partial charge in [-0.25, -0.2) is 4.79 Å². The summed E-state index contributed by atoms with van der Waals surface area (Å²) in [6.07, 6.45) is 7.67. The van der Waals surface area contributed by atoms with Crippen LogP contribution < -0.4 is 0 Å². The van der Waals surface area contributed by atoms with Crippen molar-refractivity contribution in [1.29, 1.82) is 0 Å². The average Bonchev–Trinajstić information content (AvgIpc) is 2.05. The molecule has 0 bridgehead atoms. The fourth-order valence-corrected chi connectivity index (χ4v) is 2.43. The Kier molecular flexibility index (Phi) is 4.22. The minimum Gasteiger partial charge on any atom is -0.478 e. The Morgan fingerprint density at radius 1 is 1.33 bits per heavy atom. The molecule has 1 saturated carbocycles. The molecule has 68 valence electrons. The van der Waals surface area contributed by atoms with E-state index in [2.05, 4.69) is 0 Å². The van der Waals surface area contributed by atoms with Crippen molar-refractivity contribution in [2.24, 2.45) is 0 Å². The highest BCUT2D eigenvalue weighted by Crippen LogP contribution is 2.28.